The van der Waals surface area contributed by atoms with Gasteiger partial charge in [-0.3, -0.25) is 4.79 Å². The molecule has 0 aliphatic carbocycles. The van der Waals surface area contributed by atoms with Crippen LogP contribution in [0.4, 0.5) is 0 Å². The van der Waals surface area contributed by atoms with Crippen molar-refractivity contribution in [2.24, 2.45) is 0 Å². The molecule has 3 heteroatoms. The Morgan fingerprint density at radius 1 is 0.950 bits per heavy atom. The largest absolute Gasteiger partial charge is 0.324 e. The molecule has 0 atom stereocenters. The van der Waals surface area contributed by atoms with Gasteiger partial charge in [0.25, 0.3) is 0 Å². The quantitative estimate of drug-likeness (QED) is 0.677. The van der Waals surface area contributed by atoms with E-state index in [4.69, 9.17) is 0 Å². The monoisotopic (exact) mass is 262 g/mol. The number of hydrogen-bond donors (Lipinski definition) is 0. The van der Waals surface area contributed by atoms with Crippen molar-refractivity contribution in [3.63, 3.8) is 0 Å². The first-order valence-electron chi connectivity index (χ1n) is 6.49. The predicted octanol–water partition coefficient (Wildman–Crippen LogP) is 3.16. The lowest BCUT2D eigenvalue weighted by Crippen LogP contribution is -2.11. The molecular formula is C17H14N2O. The normalized spacial score (nSPS) is 10.4. The van der Waals surface area contributed by atoms with Crippen molar-refractivity contribution in [1.29, 1.82) is 0 Å². The van der Waals surface area contributed by atoms with E-state index in [1.807, 2.05) is 71.4 Å². The van der Waals surface area contributed by atoms with Crippen LogP contribution in [0.15, 0.2) is 73.1 Å². The van der Waals surface area contributed by atoms with Crippen LogP contribution in [0.2, 0.25) is 0 Å². The van der Waals surface area contributed by atoms with Gasteiger partial charge < -0.3 is 4.57 Å². The Balaban J connectivity index is 1.89. The topological polar surface area (TPSA) is 34.9 Å². The van der Waals surface area contributed by atoms with E-state index in [1.165, 1.54) is 0 Å². The highest BCUT2D eigenvalue weighted by Gasteiger charge is 2.14. The van der Waals surface area contributed by atoms with Crippen LogP contribution in [0.25, 0.3) is 0 Å². The fraction of sp³-hybridized carbons (Fsp3) is 0.0588. The van der Waals surface area contributed by atoms with Gasteiger partial charge in [0.1, 0.15) is 0 Å². The summed E-state index contributed by atoms with van der Waals surface area (Å²) in [5.74, 6) is 0.423. The van der Waals surface area contributed by atoms with Crippen LogP contribution in [0.1, 0.15) is 21.7 Å². The summed E-state index contributed by atoms with van der Waals surface area (Å²) in [5.41, 5.74) is 1.81. The van der Waals surface area contributed by atoms with E-state index in [0.717, 1.165) is 5.56 Å². The molecule has 98 valence electrons. The fourth-order valence-electron chi connectivity index (χ4n) is 2.14. The molecule has 2 aromatic carbocycles. The van der Waals surface area contributed by atoms with E-state index in [9.17, 15) is 4.79 Å². The second-order valence-corrected chi connectivity index (χ2v) is 4.56. The molecule has 0 N–H and O–H groups in total. The van der Waals surface area contributed by atoms with Gasteiger partial charge in [0.05, 0.1) is 0 Å². The summed E-state index contributed by atoms with van der Waals surface area (Å²) < 4.78 is 1.88. The molecule has 0 spiro atoms. The zero-order chi connectivity index (χ0) is 13.8. The molecule has 20 heavy (non-hydrogen) atoms. The summed E-state index contributed by atoms with van der Waals surface area (Å²) >= 11 is 0. The molecule has 0 fully saturated rings. The van der Waals surface area contributed by atoms with Gasteiger partial charge in [0, 0.05) is 24.5 Å². The van der Waals surface area contributed by atoms with Crippen molar-refractivity contribution >= 4 is 5.78 Å². The van der Waals surface area contributed by atoms with Gasteiger partial charge in [-0.2, -0.15) is 0 Å². The Morgan fingerprint density at radius 3 is 2.30 bits per heavy atom. The fourth-order valence-corrected chi connectivity index (χ4v) is 2.14. The summed E-state index contributed by atoms with van der Waals surface area (Å²) in [4.78, 5) is 16.6. The molecule has 3 aromatic rings. The second-order valence-electron chi connectivity index (χ2n) is 4.56. The molecule has 3 rings (SSSR count). The third-order valence-corrected chi connectivity index (χ3v) is 3.15. The minimum atomic E-state index is -0.0495. The zero-order valence-electron chi connectivity index (χ0n) is 10.9. The van der Waals surface area contributed by atoms with Gasteiger partial charge in [0.2, 0.25) is 5.78 Å². The van der Waals surface area contributed by atoms with Crippen molar-refractivity contribution < 1.29 is 4.79 Å². The van der Waals surface area contributed by atoms with Crippen LogP contribution < -0.4 is 0 Å². The number of carbonyl (C=O) groups is 1. The summed E-state index contributed by atoms with van der Waals surface area (Å²) in [7, 11) is 0. The van der Waals surface area contributed by atoms with Gasteiger partial charge in [-0.05, 0) is 5.56 Å². The van der Waals surface area contributed by atoms with Crippen LogP contribution in [0.3, 0.4) is 0 Å². The molecule has 0 bridgehead atoms. The smallest absolute Gasteiger partial charge is 0.228 e. The van der Waals surface area contributed by atoms with Crippen molar-refractivity contribution in [1.82, 2.24) is 9.55 Å². The molecule has 0 saturated carbocycles. The average molecular weight is 262 g/mol. The average Bonchev–Trinajstić information content (AvgIpc) is 2.96. The van der Waals surface area contributed by atoms with Crippen molar-refractivity contribution in [2.45, 2.75) is 6.54 Å². The van der Waals surface area contributed by atoms with E-state index in [0.29, 0.717) is 17.9 Å². The Hall–Kier alpha value is -2.68. The Morgan fingerprint density at radius 2 is 1.60 bits per heavy atom. The SMILES string of the molecule is O=C(c1ccccc1)c1nccn1Cc1ccccc1. The van der Waals surface area contributed by atoms with E-state index in [-0.39, 0.29) is 5.78 Å². The Kier molecular flexibility index (Phi) is 3.42. The summed E-state index contributed by atoms with van der Waals surface area (Å²) in [6, 6.07) is 19.3. The maximum atomic E-state index is 12.4. The maximum absolute atomic E-state index is 12.4. The van der Waals surface area contributed by atoms with Crippen LogP contribution in [0, 0.1) is 0 Å². The minimum absolute atomic E-state index is 0.0495. The summed E-state index contributed by atoms with van der Waals surface area (Å²) in [5, 5.41) is 0. The van der Waals surface area contributed by atoms with Gasteiger partial charge in [0.15, 0.2) is 5.82 Å². The lowest BCUT2D eigenvalue weighted by molar-refractivity contribution is 0.102. The van der Waals surface area contributed by atoms with Crippen molar-refractivity contribution in [2.75, 3.05) is 0 Å². The number of ketones is 1. The highest BCUT2D eigenvalue weighted by Crippen LogP contribution is 2.10. The Bertz CT molecular complexity index is 702. The molecule has 0 radical (unpaired) electrons. The number of aromatic nitrogens is 2. The maximum Gasteiger partial charge on any atom is 0.228 e. The lowest BCUT2D eigenvalue weighted by atomic mass is 10.1. The van der Waals surface area contributed by atoms with E-state index in [2.05, 4.69) is 4.98 Å². The molecule has 3 nitrogen and oxygen atoms in total. The van der Waals surface area contributed by atoms with Crippen molar-refractivity contribution in [3.05, 3.63) is 90.0 Å². The molecule has 0 aliphatic heterocycles. The minimum Gasteiger partial charge on any atom is -0.324 e. The van der Waals surface area contributed by atoms with Crippen molar-refractivity contribution in [3.8, 4) is 0 Å². The molecule has 1 aromatic heterocycles. The molecule has 0 saturated heterocycles. The first-order valence-corrected chi connectivity index (χ1v) is 6.49. The first-order chi connectivity index (χ1) is 9.84. The van der Waals surface area contributed by atoms with Crippen LogP contribution >= 0.6 is 0 Å². The zero-order valence-corrected chi connectivity index (χ0v) is 10.9. The Labute approximate surface area is 117 Å². The number of benzene rings is 2. The molecule has 0 aliphatic rings. The highest BCUT2D eigenvalue weighted by atomic mass is 16.1. The van der Waals surface area contributed by atoms with Crippen LogP contribution in [-0.2, 0) is 6.54 Å². The van der Waals surface area contributed by atoms with Crippen LogP contribution in [0.5, 0.6) is 0 Å². The molecular weight excluding hydrogens is 248 g/mol. The number of hydrogen-bond acceptors (Lipinski definition) is 2. The molecule has 0 unspecified atom stereocenters. The lowest BCUT2D eigenvalue weighted by Gasteiger charge is -2.07. The number of carbonyl (C=O) groups excluding carboxylic acids is 1. The molecule has 1 heterocycles. The summed E-state index contributed by atoms with van der Waals surface area (Å²) in [6.07, 6.45) is 3.50. The van der Waals surface area contributed by atoms with E-state index in [1.54, 1.807) is 6.20 Å². The second kappa shape index (κ2) is 5.53. The van der Waals surface area contributed by atoms with Crippen LogP contribution in [-0.4, -0.2) is 15.3 Å². The molecule has 0 amide bonds. The van der Waals surface area contributed by atoms with Gasteiger partial charge in [-0.15, -0.1) is 0 Å². The van der Waals surface area contributed by atoms with Gasteiger partial charge >= 0.3 is 0 Å². The third-order valence-electron chi connectivity index (χ3n) is 3.15. The highest BCUT2D eigenvalue weighted by molar-refractivity contribution is 6.06. The first kappa shape index (κ1) is 12.4. The number of rotatable bonds is 4. The third kappa shape index (κ3) is 2.52. The standard InChI is InChI=1S/C17H14N2O/c20-16(15-9-5-2-6-10-15)17-18-11-12-19(17)13-14-7-3-1-4-8-14/h1-12H,13H2. The van der Waals surface area contributed by atoms with Gasteiger partial charge in [-0.1, -0.05) is 60.7 Å². The van der Waals surface area contributed by atoms with E-state index >= 15 is 0 Å². The summed E-state index contributed by atoms with van der Waals surface area (Å²) in [6.45, 7) is 0.648. The number of imidazole rings is 1. The predicted molar refractivity (Wildman–Crippen MR) is 77.6 cm³/mol. The van der Waals surface area contributed by atoms with Gasteiger partial charge in [-0.25, -0.2) is 4.98 Å². The van der Waals surface area contributed by atoms with E-state index < -0.39 is 0 Å². The number of nitrogens with zero attached hydrogens (tertiary/aromatic N) is 2.